The molecule has 3 aromatic rings. The van der Waals surface area contributed by atoms with Gasteiger partial charge in [-0.15, -0.1) is 0 Å². The van der Waals surface area contributed by atoms with Crippen molar-refractivity contribution in [3.63, 3.8) is 0 Å². The second-order valence-corrected chi connectivity index (χ2v) is 7.87. The summed E-state index contributed by atoms with van der Waals surface area (Å²) in [4.78, 5) is 30.9. The molecule has 3 heterocycles. The molecule has 4 rings (SSSR count). The Morgan fingerprint density at radius 1 is 1.13 bits per heavy atom. The van der Waals surface area contributed by atoms with E-state index in [1.165, 1.54) is 12.5 Å². The van der Waals surface area contributed by atoms with Crippen LogP contribution in [0.3, 0.4) is 0 Å². The molecule has 31 heavy (non-hydrogen) atoms. The maximum Gasteiger partial charge on any atom is 0.319 e. The normalized spacial score (nSPS) is 14.6. The summed E-state index contributed by atoms with van der Waals surface area (Å²) >= 11 is 0. The highest BCUT2D eigenvalue weighted by atomic mass is 16.5. The van der Waals surface area contributed by atoms with Crippen LogP contribution in [0.4, 0.5) is 10.5 Å². The molecule has 1 fully saturated rings. The van der Waals surface area contributed by atoms with Crippen LogP contribution < -0.4 is 10.6 Å². The predicted octanol–water partition coefficient (Wildman–Crippen LogP) is 3.88. The number of furan rings is 1. The van der Waals surface area contributed by atoms with Crippen molar-refractivity contribution >= 4 is 17.6 Å². The molecule has 162 valence electrons. The second kappa shape index (κ2) is 9.03. The number of nitrogens with zero attached hydrogens (tertiary/aromatic N) is 3. The summed E-state index contributed by atoms with van der Waals surface area (Å²) in [5.41, 5.74) is 2.01. The van der Waals surface area contributed by atoms with Gasteiger partial charge >= 0.3 is 6.03 Å². The first-order valence-corrected chi connectivity index (χ1v) is 10.3. The van der Waals surface area contributed by atoms with Crippen LogP contribution in [-0.4, -0.2) is 46.1 Å². The van der Waals surface area contributed by atoms with Crippen LogP contribution in [0.2, 0.25) is 0 Å². The molecule has 0 bridgehead atoms. The topological polar surface area (TPSA) is 114 Å². The smallest absolute Gasteiger partial charge is 0.319 e. The first kappa shape index (κ1) is 20.6. The molecule has 2 N–H and O–H groups in total. The van der Waals surface area contributed by atoms with E-state index in [2.05, 4.69) is 20.8 Å². The number of likely N-dealkylation sites (tertiary alicyclic amines) is 1. The Labute approximate surface area is 179 Å². The van der Waals surface area contributed by atoms with Crippen molar-refractivity contribution in [2.24, 2.45) is 0 Å². The van der Waals surface area contributed by atoms with E-state index in [1.54, 1.807) is 23.1 Å². The van der Waals surface area contributed by atoms with Gasteiger partial charge in [-0.05, 0) is 43.2 Å². The Bertz CT molecular complexity index is 1020. The van der Waals surface area contributed by atoms with E-state index in [1.807, 2.05) is 26.0 Å². The molecular weight excluding hydrogens is 398 g/mol. The molecule has 1 saturated heterocycles. The van der Waals surface area contributed by atoms with Crippen LogP contribution >= 0.6 is 0 Å². The third-order valence-corrected chi connectivity index (χ3v) is 5.23. The zero-order chi connectivity index (χ0) is 21.8. The molecule has 9 nitrogen and oxygen atoms in total. The molecule has 1 aromatic carbocycles. The summed E-state index contributed by atoms with van der Waals surface area (Å²) in [7, 11) is 0. The Kier molecular flexibility index (Phi) is 6.01. The number of nitrogens with one attached hydrogen (secondary N) is 2. The number of benzene rings is 1. The van der Waals surface area contributed by atoms with Crippen LogP contribution in [0.25, 0.3) is 11.5 Å². The SMILES string of the molecule is CC(C)c1noc(-c2ccc(NC(=O)NC3CCN(C(=O)c4ccoc4)CC3)cc2)n1. The number of anilines is 1. The minimum Gasteiger partial charge on any atom is -0.472 e. The van der Waals surface area contributed by atoms with Crippen LogP contribution in [0.1, 0.15) is 48.8 Å². The van der Waals surface area contributed by atoms with Gasteiger partial charge in [0.15, 0.2) is 5.82 Å². The van der Waals surface area contributed by atoms with Gasteiger partial charge in [0.25, 0.3) is 11.8 Å². The molecule has 0 aliphatic carbocycles. The van der Waals surface area contributed by atoms with Crippen LogP contribution in [0.5, 0.6) is 0 Å². The fourth-order valence-electron chi connectivity index (χ4n) is 3.43. The zero-order valence-electron chi connectivity index (χ0n) is 17.5. The summed E-state index contributed by atoms with van der Waals surface area (Å²) in [6.45, 7) is 5.18. The number of carbonyl (C=O) groups is 2. The minimum absolute atomic E-state index is 0.0144. The van der Waals surface area contributed by atoms with E-state index in [-0.39, 0.29) is 23.9 Å². The second-order valence-electron chi connectivity index (χ2n) is 7.87. The molecule has 9 heteroatoms. The fourth-order valence-corrected chi connectivity index (χ4v) is 3.43. The Morgan fingerprint density at radius 3 is 2.48 bits per heavy atom. The van der Waals surface area contributed by atoms with Crippen LogP contribution in [-0.2, 0) is 0 Å². The van der Waals surface area contributed by atoms with E-state index in [0.717, 1.165) is 5.56 Å². The van der Waals surface area contributed by atoms with E-state index >= 15 is 0 Å². The Morgan fingerprint density at radius 2 is 1.87 bits per heavy atom. The first-order valence-electron chi connectivity index (χ1n) is 10.3. The number of hydrogen-bond donors (Lipinski definition) is 2. The number of aromatic nitrogens is 2. The van der Waals surface area contributed by atoms with Crippen molar-refractivity contribution < 1.29 is 18.5 Å². The number of urea groups is 1. The van der Waals surface area contributed by atoms with E-state index < -0.39 is 0 Å². The maximum absolute atomic E-state index is 12.4. The van der Waals surface area contributed by atoms with Gasteiger partial charge in [-0.25, -0.2) is 4.79 Å². The molecule has 0 spiro atoms. The number of amides is 3. The quantitative estimate of drug-likeness (QED) is 0.644. The highest BCUT2D eigenvalue weighted by Gasteiger charge is 2.25. The molecule has 3 amide bonds. The molecule has 0 radical (unpaired) electrons. The van der Waals surface area contributed by atoms with Crippen molar-refractivity contribution in [2.45, 2.75) is 38.6 Å². The molecule has 0 saturated carbocycles. The average Bonchev–Trinajstić information content (AvgIpc) is 3.47. The number of rotatable bonds is 5. The number of piperidine rings is 1. The predicted molar refractivity (Wildman–Crippen MR) is 114 cm³/mol. The maximum atomic E-state index is 12.4. The lowest BCUT2D eigenvalue weighted by molar-refractivity contribution is 0.0708. The summed E-state index contributed by atoms with van der Waals surface area (Å²) < 4.78 is 10.3. The Hall–Kier alpha value is -3.62. The van der Waals surface area contributed by atoms with Crippen LogP contribution in [0, 0.1) is 0 Å². The van der Waals surface area contributed by atoms with Gasteiger partial charge in [0.2, 0.25) is 0 Å². The van der Waals surface area contributed by atoms with E-state index in [9.17, 15) is 9.59 Å². The van der Waals surface area contributed by atoms with Gasteiger partial charge in [-0.2, -0.15) is 4.98 Å². The third-order valence-electron chi connectivity index (χ3n) is 5.23. The van der Waals surface area contributed by atoms with Gasteiger partial charge in [-0.3, -0.25) is 4.79 Å². The molecule has 2 aromatic heterocycles. The molecule has 1 aliphatic heterocycles. The zero-order valence-corrected chi connectivity index (χ0v) is 17.5. The van der Waals surface area contributed by atoms with Gasteiger partial charge in [0.1, 0.15) is 6.26 Å². The molecule has 0 atom stereocenters. The van der Waals surface area contributed by atoms with Crippen molar-refractivity contribution in [1.82, 2.24) is 20.4 Å². The summed E-state index contributed by atoms with van der Waals surface area (Å²) in [6.07, 6.45) is 4.34. The Balaban J connectivity index is 1.26. The van der Waals surface area contributed by atoms with Gasteiger partial charge in [0, 0.05) is 36.3 Å². The molecular formula is C22H25N5O4. The van der Waals surface area contributed by atoms with Crippen LogP contribution in [0.15, 0.2) is 51.8 Å². The fraction of sp³-hybridized carbons (Fsp3) is 0.364. The molecule has 1 aliphatic rings. The molecule has 0 unspecified atom stereocenters. The minimum atomic E-state index is -0.271. The van der Waals surface area contributed by atoms with Crippen molar-refractivity contribution in [3.8, 4) is 11.5 Å². The van der Waals surface area contributed by atoms with Crippen molar-refractivity contribution in [2.75, 3.05) is 18.4 Å². The lowest BCUT2D eigenvalue weighted by Crippen LogP contribution is -2.47. The standard InChI is InChI=1S/C22H25N5O4/c1-14(2)19-25-20(31-26-19)15-3-5-17(6-4-15)23-22(29)24-18-7-10-27(11-8-18)21(28)16-9-12-30-13-16/h3-6,9,12-14,18H,7-8,10-11H2,1-2H3,(H2,23,24,29). The number of carbonyl (C=O) groups excluding carboxylic acids is 2. The highest BCUT2D eigenvalue weighted by Crippen LogP contribution is 2.22. The highest BCUT2D eigenvalue weighted by molar-refractivity contribution is 5.94. The number of hydrogen-bond acceptors (Lipinski definition) is 6. The summed E-state index contributed by atoms with van der Waals surface area (Å²) in [5.74, 6) is 1.27. The van der Waals surface area contributed by atoms with E-state index in [0.29, 0.717) is 48.9 Å². The van der Waals surface area contributed by atoms with Gasteiger partial charge in [0.05, 0.1) is 11.8 Å². The summed E-state index contributed by atoms with van der Waals surface area (Å²) in [5, 5.41) is 9.78. The van der Waals surface area contributed by atoms with Gasteiger partial charge in [-0.1, -0.05) is 19.0 Å². The van der Waals surface area contributed by atoms with Crippen molar-refractivity contribution in [1.29, 1.82) is 0 Å². The largest absolute Gasteiger partial charge is 0.472 e. The lowest BCUT2D eigenvalue weighted by atomic mass is 10.0. The lowest BCUT2D eigenvalue weighted by Gasteiger charge is -2.32. The third kappa shape index (κ3) is 4.93. The first-order chi connectivity index (χ1) is 15.0. The average molecular weight is 423 g/mol. The van der Waals surface area contributed by atoms with Gasteiger partial charge < -0.3 is 24.5 Å². The van der Waals surface area contributed by atoms with E-state index in [4.69, 9.17) is 8.94 Å². The van der Waals surface area contributed by atoms with Crippen molar-refractivity contribution in [3.05, 3.63) is 54.2 Å². The monoisotopic (exact) mass is 423 g/mol. The summed E-state index contributed by atoms with van der Waals surface area (Å²) in [6, 6.07) is 8.64.